The highest BCUT2D eigenvalue weighted by Crippen LogP contribution is 2.45. The van der Waals surface area contributed by atoms with Crippen LogP contribution in [0.5, 0.6) is 0 Å². The molecule has 0 bridgehead atoms. The van der Waals surface area contributed by atoms with Gasteiger partial charge in [-0.05, 0) is 12.8 Å². The number of aliphatic hydroxyl groups is 1. The molecular formula is C10H18N2O2. The molecule has 4 heteroatoms. The van der Waals surface area contributed by atoms with Gasteiger partial charge >= 0.3 is 0 Å². The van der Waals surface area contributed by atoms with Crippen LogP contribution in [0.3, 0.4) is 0 Å². The first-order valence-electron chi connectivity index (χ1n) is 5.31. The van der Waals surface area contributed by atoms with Gasteiger partial charge in [0.1, 0.15) is 0 Å². The minimum atomic E-state index is 0.212. The van der Waals surface area contributed by atoms with Gasteiger partial charge in [0, 0.05) is 44.7 Å². The summed E-state index contributed by atoms with van der Waals surface area (Å²) in [5, 5.41) is 9.19. The highest BCUT2D eigenvalue weighted by molar-refractivity contribution is 5.47. The molecule has 4 nitrogen and oxygen atoms in total. The summed E-state index contributed by atoms with van der Waals surface area (Å²) in [7, 11) is 0. The van der Waals surface area contributed by atoms with Crippen LogP contribution in [0.4, 0.5) is 0 Å². The normalized spacial score (nSPS) is 26.2. The molecule has 0 aromatic heterocycles. The van der Waals surface area contributed by atoms with E-state index in [0.717, 1.165) is 52.0 Å². The monoisotopic (exact) mass is 198 g/mol. The molecule has 80 valence electrons. The van der Waals surface area contributed by atoms with Gasteiger partial charge in [-0.25, -0.2) is 0 Å². The van der Waals surface area contributed by atoms with Crippen LogP contribution in [0.15, 0.2) is 0 Å². The number of amides is 1. The van der Waals surface area contributed by atoms with Crippen molar-refractivity contribution in [3.63, 3.8) is 0 Å². The fourth-order valence-electron chi connectivity index (χ4n) is 2.04. The summed E-state index contributed by atoms with van der Waals surface area (Å²) in [6.45, 7) is 4.92. The molecule has 1 N–H and O–H groups in total. The van der Waals surface area contributed by atoms with Crippen LogP contribution in [-0.4, -0.2) is 60.6 Å². The van der Waals surface area contributed by atoms with Gasteiger partial charge in [0.25, 0.3) is 0 Å². The van der Waals surface area contributed by atoms with Gasteiger partial charge in [0.15, 0.2) is 0 Å². The number of rotatable bonds is 4. The lowest BCUT2D eigenvalue weighted by Gasteiger charge is -2.34. The molecule has 14 heavy (non-hydrogen) atoms. The first-order chi connectivity index (χ1) is 6.78. The Hall–Kier alpha value is -0.610. The largest absolute Gasteiger partial charge is 0.396 e. The minimum absolute atomic E-state index is 0.212. The predicted octanol–water partition coefficient (Wildman–Crippen LogP) is -0.467. The third-order valence-corrected chi connectivity index (χ3v) is 3.41. The van der Waals surface area contributed by atoms with Crippen LogP contribution in [0.1, 0.15) is 12.8 Å². The molecule has 0 spiro atoms. The van der Waals surface area contributed by atoms with Crippen molar-refractivity contribution >= 4 is 6.41 Å². The molecule has 1 saturated heterocycles. The molecule has 1 aliphatic heterocycles. The fourth-order valence-corrected chi connectivity index (χ4v) is 2.04. The predicted molar refractivity (Wildman–Crippen MR) is 52.8 cm³/mol. The van der Waals surface area contributed by atoms with Gasteiger partial charge in [0.05, 0.1) is 0 Å². The molecule has 0 atom stereocenters. The van der Waals surface area contributed by atoms with Crippen molar-refractivity contribution in [2.24, 2.45) is 5.41 Å². The molecule has 0 aromatic rings. The number of nitrogens with zero attached hydrogens (tertiary/aromatic N) is 2. The second-order valence-corrected chi connectivity index (χ2v) is 4.58. The molecule has 1 saturated carbocycles. The van der Waals surface area contributed by atoms with Crippen molar-refractivity contribution in [2.75, 3.05) is 39.3 Å². The molecular weight excluding hydrogens is 180 g/mol. The summed E-state index contributed by atoms with van der Waals surface area (Å²) >= 11 is 0. The maximum atomic E-state index is 10.5. The average Bonchev–Trinajstić information content (AvgIpc) is 3.00. The van der Waals surface area contributed by atoms with Gasteiger partial charge in [-0.3, -0.25) is 9.69 Å². The average molecular weight is 198 g/mol. The lowest BCUT2D eigenvalue weighted by molar-refractivity contribution is -0.119. The Morgan fingerprint density at radius 1 is 1.21 bits per heavy atom. The summed E-state index contributed by atoms with van der Waals surface area (Å²) in [6, 6.07) is 0. The number of carbonyl (C=O) groups is 1. The Morgan fingerprint density at radius 2 is 1.86 bits per heavy atom. The summed E-state index contributed by atoms with van der Waals surface area (Å²) < 4.78 is 0. The number of aliphatic hydroxyl groups excluding tert-OH is 1. The van der Waals surface area contributed by atoms with Crippen molar-refractivity contribution in [2.45, 2.75) is 12.8 Å². The Morgan fingerprint density at radius 3 is 2.29 bits per heavy atom. The molecule has 2 aliphatic rings. The van der Waals surface area contributed by atoms with Gasteiger partial charge < -0.3 is 10.0 Å². The molecule has 0 aromatic carbocycles. The lowest BCUT2D eigenvalue weighted by atomic mass is 10.1. The van der Waals surface area contributed by atoms with Crippen molar-refractivity contribution in [3.05, 3.63) is 0 Å². The van der Waals surface area contributed by atoms with E-state index < -0.39 is 0 Å². The van der Waals surface area contributed by atoms with E-state index in [4.69, 9.17) is 0 Å². The zero-order chi connectivity index (χ0) is 10.0. The smallest absolute Gasteiger partial charge is 0.209 e. The first kappa shape index (κ1) is 9.93. The van der Waals surface area contributed by atoms with E-state index in [9.17, 15) is 9.90 Å². The number of carbonyl (C=O) groups excluding carboxylic acids is 1. The molecule has 2 rings (SSSR count). The Labute approximate surface area is 84.5 Å². The third kappa shape index (κ3) is 2.07. The van der Waals surface area contributed by atoms with Crippen LogP contribution >= 0.6 is 0 Å². The van der Waals surface area contributed by atoms with Crippen LogP contribution in [0.25, 0.3) is 0 Å². The Balaban J connectivity index is 1.76. The summed E-state index contributed by atoms with van der Waals surface area (Å²) in [6.07, 6.45) is 3.26. The zero-order valence-corrected chi connectivity index (χ0v) is 8.48. The maximum Gasteiger partial charge on any atom is 0.209 e. The second-order valence-electron chi connectivity index (χ2n) is 4.58. The SMILES string of the molecule is O=CN1CCN(CC2(CO)CC2)CC1. The number of hydrogen-bond acceptors (Lipinski definition) is 3. The van der Waals surface area contributed by atoms with Crippen LogP contribution in [-0.2, 0) is 4.79 Å². The second kappa shape index (κ2) is 3.87. The van der Waals surface area contributed by atoms with Gasteiger partial charge in [-0.2, -0.15) is 0 Å². The zero-order valence-electron chi connectivity index (χ0n) is 8.48. The van der Waals surface area contributed by atoms with E-state index in [-0.39, 0.29) is 5.41 Å². The summed E-state index contributed by atoms with van der Waals surface area (Å²) in [5.74, 6) is 0. The van der Waals surface area contributed by atoms with Crippen LogP contribution in [0.2, 0.25) is 0 Å². The van der Waals surface area contributed by atoms with Gasteiger partial charge in [-0.15, -0.1) is 0 Å². The quantitative estimate of drug-likeness (QED) is 0.621. The summed E-state index contributed by atoms with van der Waals surface area (Å²) in [4.78, 5) is 14.7. The van der Waals surface area contributed by atoms with Crippen molar-refractivity contribution in [3.8, 4) is 0 Å². The van der Waals surface area contributed by atoms with Crippen molar-refractivity contribution < 1.29 is 9.90 Å². The Bertz CT molecular complexity index is 208. The fraction of sp³-hybridized carbons (Fsp3) is 0.900. The highest BCUT2D eigenvalue weighted by atomic mass is 16.3. The van der Waals surface area contributed by atoms with Gasteiger partial charge in [0.2, 0.25) is 6.41 Å². The topological polar surface area (TPSA) is 43.8 Å². The molecule has 0 radical (unpaired) electrons. The van der Waals surface area contributed by atoms with Crippen molar-refractivity contribution in [1.82, 2.24) is 9.80 Å². The standard InChI is InChI=1S/C10H18N2O2/c13-8-10(1-2-10)7-11-3-5-12(9-14)6-4-11/h9,13H,1-8H2. The number of piperazine rings is 1. The summed E-state index contributed by atoms with van der Waals surface area (Å²) in [5.41, 5.74) is 0.212. The molecule has 0 unspecified atom stereocenters. The van der Waals surface area contributed by atoms with E-state index in [1.807, 2.05) is 4.90 Å². The van der Waals surface area contributed by atoms with E-state index >= 15 is 0 Å². The minimum Gasteiger partial charge on any atom is -0.396 e. The first-order valence-corrected chi connectivity index (χ1v) is 5.31. The molecule has 1 aliphatic carbocycles. The van der Waals surface area contributed by atoms with E-state index in [0.29, 0.717) is 6.61 Å². The Kier molecular flexibility index (Phi) is 2.74. The molecule has 2 fully saturated rings. The van der Waals surface area contributed by atoms with E-state index in [2.05, 4.69) is 4.90 Å². The maximum absolute atomic E-state index is 10.5. The molecule has 1 heterocycles. The highest BCUT2D eigenvalue weighted by Gasteiger charge is 2.43. The number of hydrogen-bond donors (Lipinski definition) is 1. The van der Waals surface area contributed by atoms with Crippen LogP contribution in [0, 0.1) is 5.41 Å². The van der Waals surface area contributed by atoms with Crippen LogP contribution < -0.4 is 0 Å². The van der Waals surface area contributed by atoms with E-state index in [1.165, 1.54) is 0 Å². The van der Waals surface area contributed by atoms with Crippen molar-refractivity contribution in [1.29, 1.82) is 0 Å². The van der Waals surface area contributed by atoms with E-state index in [1.54, 1.807) is 0 Å². The lowest BCUT2D eigenvalue weighted by Crippen LogP contribution is -2.47. The molecule has 1 amide bonds. The third-order valence-electron chi connectivity index (χ3n) is 3.41. The van der Waals surface area contributed by atoms with Gasteiger partial charge in [-0.1, -0.05) is 0 Å².